The van der Waals surface area contributed by atoms with Crippen molar-refractivity contribution in [2.75, 3.05) is 12.8 Å². The fourth-order valence-electron chi connectivity index (χ4n) is 2.81. The summed E-state index contributed by atoms with van der Waals surface area (Å²) < 4.78 is 24.8. The molecule has 7 heteroatoms. The van der Waals surface area contributed by atoms with E-state index in [1.807, 2.05) is 35.7 Å². The molecule has 1 unspecified atom stereocenters. The van der Waals surface area contributed by atoms with E-state index in [2.05, 4.69) is 4.98 Å². The maximum absolute atomic E-state index is 12.4. The Labute approximate surface area is 135 Å². The van der Waals surface area contributed by atoms with Gasteiger partial charge in [-0.25, -0.2) is 13.4 Å². The van der Waals surface area contributed by atoms with Gasteiger partial charge in [-0.3, -0.25) is 4.79 Å². The van der Waals surface area contributed by atoms with Crippen molar-refractivity contribution >= 4 is 21.4 Å². The van der Waals surface area contributed by atoms with E-state index in [1.165, 1.54) is 5.41 Å². The summed E-state index contributed by atoms with van der Waals surface area (Å²) in [6, 6.07) is 5.77. The first-order valence-corrected chi connectivity index (χ1v) is 9.15. The van der Waals surface area contributed by atoms with Crippen LogP contribution in [0, 0.1) is 12.8 Å². The Morgan fingerprint density at radius 1 is 1.43 bits per heavy atom. The largest absolute Gasteiger partial charge is 0.340 e. The summed E-state index contributed by atoms with van der Waals surface area (Å²) in [6.45, 7) is 2.37. The number of amides is 1. The number of fused-ring (bicyclic) bond motifs is 1. The molecule has 0 aliphatic carbocycles. The Kier molecular flexibility index (Phi) is 3.97. The van der Waals surface area contributed by atoms with Gasteiger partial charge in [-0.1, -0.05) is 12.1 Å². The van der Waals surface area contributed by atoms with Gasteiger partial charge in [0.2, 0.25) is 5.91 Å². The smallest absolute Gasteiger partial charge is 0.223 e. The third-order valence-corrected chi connectivity index (χ3v) is 5.55. The maximum atomic E-state index is 12.4. The highest BCUT2D eigenvalue weighted by atomic mass is 32.2. The van der Waals surface area contributed by atoms with Crippen molar-refractivity contribution < 1.29 is 13.2 Å². The molecule has 1 atom stereocenters. The fourth-order valence-corrected chi connectivity index (χ4v) is 4.21. The van der Waals surface area contributed by atoms with Gasteiger partial charge in [0.05, 0.1) is 23.7 Å². The van der Waals surface area contributed by atoms with Gasteiger partial charge in [0.1, 0.15) is 5.65 Å². The first-order valence-electron chi connectivity index (χ1n) is 7.43. The molecule has 0 fully saturated rings. The predicted octanol–water partition coefficient (Wildman–Crippen LogP) is 1.55. The van der Waals surface area contributed by atoms with E-state index in [-0.39, 0.29) is 24.0 Å². The lowest BCUT2D eigenvalue weighted by molar-refractivity contribution is -0.131. The average Bonchev–Trinajstić information content (AvgIpc) is 2.99. The molecule has 122 valence electrons. The number of hydrogen-bond donors (Lipinski definition) is 0. The molecule has 6 nitrogen and oxygen atoms in total. The predicted molar refractivity (Wildman–Crippen MR) is 87.4 cm³/mol. The lowest BCUT2D eigenvalue weighted by Crippen LogP contribution is -2.29. The second kappa shape index (κ2) is 5.81. The summed E-state index contributed by atoms with van der Waals surface area (Å²) in [5.41, 5.74) is 2.70. The molecule has 1 aliphatic heterocycles. The molecule has 0 saturated heterocycles. The van der Waals surface area contributed by atoms with Crippen molar-refractivity contribution in [2.45, 2.75) is 19.9 Å². The van der Waals surface area contributed by atoms with Crippen LogP contribution in [0.2, 0.25) is 0 Å². The topological polar surface area (TPSA) is 71.8 Å². The highest BCUT2D eigenvalue weighted by molar-refractivity contribution is 7.94. The molecule has 0 aromatic carbocycles. The van der Waals surface area contributed by atoms with Crippen LogP contribution >= 0.6 is 0 Å². The molecule has 1 amide bonds. The van der Waals surface area contributed by atoms with Crippen LogP contribution in [0.5, 0.6) is 0 Å². The van der Waals surface area contributed by atoms with Gasteiger partial charge in [0, 0.05) is 31.0 Å². The standard InChI is InChI=1S/C16H19N3O3S/c1-12-14(19-7-4-3-5-15(19)17-12)10-18(2)16(20)9-13-6-8-23(21,22)11-13/h3-8,13H,9-11H2,1-2H3. The minimum absolute atomic E-state index is 0.0290. The lowest BCUT2D eigenvalue weighted by Gasteiger charge is -2.19. The van der Waals surface area contributed by atoms with Gasteiger partial charge in [0.15, 0.2) is 9.84 Å². The number of allylic oxidation sites excluding steroid dienone is 1. The molecule has 3 rings (SSSR count). The number of aromatic nitrogens is 2. The minimum atomic E-state index is -3.12. The van der Waals surface area contributed by atoms with Gasteiger partial charge in [0.25, 0.3) is 0 Å². The molecule has 1 aliphatic rings. The number of hydrogen-bond acceptors (Lipinski definition) is 4. The summed E-state index contributed by atoms with van der Waals surface area (Å²) >= 11 is 0. The van der Waals surface area contributed by atoms with E-state index in [0.29, 0.717) is 6.54 Å². The van der Waals surface area contributed by atoms with Crippen molar-refractivity contribution in [3.63, 3.8) is 0 Å². The summed E-state index contributed by atoms with van der Waals surface area (Å²) in [4.78, 5) is 18.5. The molecule has 0 bridgehead atoms. The number of nitrogens with zero attached hydrogens (tertiary/aromatic N) is 3. The zero-order valence-electron chi connectivity index (χ0n) is 13.1. The second-order valence-electron chi connectivity index (χ2n) is 5.94. The van der Waals surface area contributed by atoms with Crippen LogP contribution in [0.4, 0.5) is 0 Å². The molecule has 2 aromatic heterocycles. The van der Waals surface area contributed by atoms with E-state index >= 15 is 0 Å². The van der Waals surface area contributed by atoms with E-state index in [9.17, 15) is 13.2 Å². The number of imidazole rings is 1. The molecule has 0 radical (unpaired) electrons. The van der Waals surface area contributed by atoms with Crippen LogP contribution in [0.25, 0.3) is 5.65 Å². The van der Waals surface area contributed by atoms with Crippen LogP contribution in [0.15, 0.2) is 35.9 Å². The number of sulfone groups is 1. The Bertz CT molecular complexity index is 883. The van der Waals surface area contributed by atoms with Crippen molar-refractivity contribution in [1.82, 2.24) is 14.3 Å². The lowest BCUT2D eigenvalue weighted by atomic mass is 10.1. The van der Waals surface area contributed by atoms with Crippen LogP contribution in [-0.4, -0.2) is 41.4 Å². The van der Waals surface area contributed by atoms with Crippen molar-refractivity contribution in [2.24, 2.45) is 5.92 Å². The highest BCUT2D eigenvalue weighted by Crippen LogP contribution is 2.20. The zero-order chi connectivity index (χ0) is 16.6. The Balaban J connectivity index is 1.71. The highest BCUT2D eigenvalue weighted by Gasteiger charge is 2.25. The number of rotatable bonds is 4. The Morgan fingerprint density at radius 2 is 2.22 bits per heavy atom. The van der Waals surface area contributed by atoms with Crippen molar-refractivity contribution in [3.05, 3.63) is 47.3 Å². The summed E-state index contributed by atoms with van der Waals surface area (Å²) in [6.07, 6.45) is 3.75. The van der Waals surface area contributed by atoms with Crippen LogP contribution in [-0.2, 0) is 21.2 Å². The van der Waals surface area contributed by atoms with Gasteiger partial charge < -0.3 is 9.30 Å². The van der Waals surface area contributed by atoms with E-state index in [1.54, 1.807) is 18.0 Å². The normalized spacial score (nSPS) is 19.3. The number of carbonyl (C=O) groups is 1. The zero-order valence-corrected chi connectivity index (χ0v) is 14.0. The number of carbonyl (C=O) groups excluding carboxylic acids is 1. The van der Waals surface area contributed by atoms with Crippen molar-refractivity contribution in [3.8, 4) is 0 Å². The van der Waals surface area contributed by atoms with Crippen LogP contribution < -0.4 is 0 Å². The quantitative estimate of drug-likeness (QED) is 0.851. The van der Waals surface area contributed by atoms with Crippen LogP contribution in [0.1, 0.15) is 17.8 Å². The second-order valence-corrected chi connectivity index (χ2v) is 7.88. The molecule has 3 heterocycles. The van der Waals surface area contributed by atoms with Gasteiger partial charge >= 0.3 is 0 Å². The average molecular weight is 333 g/mol. The monoisotopic (exact) mass is 333 g/mol. The third-order valence-electron chi connectivity index (χ3n) is 4.08. The Hall–Kier alpha value is -2.15. The molecule has 23 heavy (non-hydrogen) atoms. The van der Waals surface area contributed by atoms with E-state index in [0.717, 1.165) is 17.0 Å². The molecule has 0 N–H and O–H groups in total. The minimum Gasteiger partial charge on any atom is -0.340 e. The van der Waals surface area contributed by atoms with Gasteiger partial charge in [-0.15, -0.1) is 0 Å². The van der Waals surface area contributed by atoms with Gasteiger partial charge in [-0.05, 0) is 19.1 Å². The first-order chi connectivity index (χ1) is 10.9. The molecule has 0 spiro atoms. The summed E-state index contributed by atoms with van der Waals surface area (Å²) in [5, 5.41) is 1.21. The number of aryl methyl sites for hydroxylation is 1. The maximum Gasteiger partial charge on any atom is 0.223 e. The Morgan fingerprint density at radius 3 is 2.91 bits per heavy atom. The molecular formula is C16H19N3O3S. The summed E-state index contributed by atoms with van der Waals surface area (Å²) in [7, 11) is -1.38. The van der Waals surface area contributed by atoms with E-state index in [4.69, 9.17) is 0 Å². The fraction of sp³-hybridized carbons (Fsp3) is 0.375. The molecule has 2 aromatic rings. The number of pyridine rings is 1. The molecular weight excluding hydrogens is 314 g/mol. The van der Waals surface area contributed by atoms with E-state index < -0.39 is 9.84 Å². The van der Waals surface area contributed by atoms with Gasteiger partial charge in [-0.2, -0.15) is 0 Å². The third kappa shape index (κ3) is 3.29. The first kappa shape index (κ1) is 15.7. The molecule has 0 saturated carbocycles. The van der Waals surface area contributed by atoms with Crippen LogP contribution in [0.3, 0.4) is 0 Å². The van der Waals surface area contributed by atoms with Crippen molar-refractivity contribution in [1.29, 1.82) is 0 Å². The SMILES string of the molecule is Cc1nc2ccccn2c1CN(C)C(=O)CC1C=CS(=O)(=O)C1. The summed E-state index contributed by atoms with van der Waals surface area (Å²) in [5.74, 6) is -0.262.